The van der Waals surface area contributed by atoms with Crippen molar-refractivity contribution in [3.05, 3.63) is 35.4 Å². The number of morpholine rings is 1. The molecule has 2 rings (SSSR count). The summed E-state index contributed by atoms with van der Waals surface area (Å²) in [5, 5.41) is 12.0. The molecule has 1 aliphatic rings. The van der Waals surface area contributed by atoms with Crippen molar-refractivity contribution >= 4 is 0 Å². The standard InChI is InChI=1S/C12H14N2O/c13-8-11-3-1-10(2-4-11)7-12-9-14-5-6-15-12/h1-4,12,14H,5-7,9H2. The van der Waals surface area contributed by atoms with Crippen LogP contribution in [-0.2, 0) is 11.2 Å². The van der Waals surface area contributed by atoms with Crippen LogP contribution in [0.3, 0.4) is 0 Å². The van der Waals surface area contributed by atoms with Crippen molar-refractivity contribution in [3.63, 3.8) is 0 Å². The van der Waals surface area contributed by atoms with Gasteiger partial charge in [-0.25, -0.2) is 0 Å². The van der Waals surface area contributed by atoms with Crippen molar-refractivity contribution in [2.75, 3.05) is 19.7 Å². The van der Waals surface area contributed by atoms with Gasteiger partial charge in [0.25, 0.3) is 0 Å². The Balaban J connectivity index is 1.95. The summed E-state index contributed by atoms with van der Waals surface area (Å²) >= 11 is 0. The van der Waals surface area contributed by atoms with Crippen molar-refractivity contribution < 1.29 is 4.74 Å². The molecule has 1 aromatic carbocycles. The maximum atomic E-state index is 8.67. The molecule has 0 radical (unpaired) electrons. The molecule has 1 saturated heterocycles. The fraction of sp³-hybridized carbons (Fsp3) is 0.417. The average molecular weight is 202 g/mol. The highest BCUT2D eigenvalue weighted by molar-refractivity contribution is 5.31. The van der Waals surface area contributed by atoms with E-state index in [0.717, 1.165) is 26.1 Å². The van der Waals surface area contributed by atoms with Crippen LogP contribution in [-0.4, -0.2) is 25.8 Å². The molecule has 0 aliphatic carbocycles. The van der Waals surface area contributed by atoms with E-state index in [2.05, 4.69) is 11.4 Å². The van der Waals surface area contributed by atoms with Gasteiger partial charge in [0.1, 0.15) is 0 Å². The van der Waals surface area contributed by atoms with E-state index in [-0.39, 0.29) is 6.10 Å². The van der Waals surface area contributed by atoms with Crippen molar-refractivity contribution in [3.8, 4) is 6.07 Å². The van der Waals surface area contributed by atoms with Crippen LogP contribution in [0.1, 0.15) is 11.1 Å². The number of nitriles is 1. The molecule has 15 heavy (non-hydrogen) atoms. The maximum absolute atomic E-state index is 8.67. The Morgan fingerprint density at radius 2 is 2.20 bits per heavy atom. The first-order chi connectivity index (χ1) is 7.38. The summed E-state index contributed by atoms with van der Waals surface area (Å²) in [7, 11) is 0. The van der Waals surface area contributed by atoms with E-state index in [1.807, 2.05) is 24.3 Å². The van der Waals surface area contributed by atoms with Gasteiger partial charge >= 0.3 is 0 Å². The molecular formula is C12H14N2O. The summed E-state index contributed by atoms with van der Waals surface area (Å²) in [6.07, 6.45) is 1.19. The van der Waals surface area contributed by atoms with Crippen LogP contribution in [0.5, 0.6) is 0 Å². The van der Waals surface area contributed by atoms with Crippen LogP contribution < -0.4 is 5.32 Å². The predicted molar refractivity (Wildman–Crippen MR) is 57.5 cm³/mol. The molecule has 1 heterocycles. The summed E-state index contributed by atoms with van der Waals surface area (Å²) < 4.78 is 5.61. The van der Waals surface area contributed by atoms with Gasteiger partial charge in [-0.1, -0.05) is 12.1 Å². The fourth-order valence-corrected chi connectivity index (χ4v) is 1.73. The van der Waals surface area contributed by atoms with Crippen molar-refractivity contribution in [2.24, 2.45) is 0 Å². The van der Waals surface area contributed by atoms with Crippen LogP contribution in [0, 0.1) is 11.3 Å². The molecule has 3 nitrogen and oxygen atoms in total. The smallest absolute Gasteiger partial charge is 0.0991 e. The van der Waals surface area contributed by atoms with E-state index in [1.54, 1.807) is 0 Å². The van der Waals surface area contributed by atoms with E-state index < -0.39 is 0 Å². The second-order valence-electron chi connectivity index (χ2n) is 3.71. The normalized spacial score (nSPS) is 20.9. The highest BCUT2D eigenvalue weighted by atomic mass is 16.5. The van der Waals surface area contributed by atoms with Crippen molar-refractivity contribution in [1.29, 1.82) is 5.26 Å². The molecule has 1 N–H and O–H groups in total. The van der Waals surface area contributed by atoms with E-state index >= 15 is 0 Å². The number of benzene rings is 1. The van der Waals surface area contributed by atoms with Crippen molar-refractivity contribution in [2.45, 2.75) is 12.5 Å². The number of rotatable bonds is 2. The Bertz CT molecular complexity index is 347. The van der Waals surface area contributed by atoms with Crippen LogP contribution in [0.25, 0.3) is 0 Å². The second kappa shape index (κ2) is 4.92. The largest absolute Gasteiger partial charge is 0.375 e. The summed E-state index contributed by atoms with van der Waals surface area (Å²) in [4.78, 5) is 0. The van der Waals surface area contributed by atoms with Gasteiger partial charge in [0.15, 0.2) is 0 Å². The maximum Gasteiger partial charge on any atom is 0.0991 e. The van der Waals surface area contributed by atoms with Gasteiger partial charge in [0, 0.05) is 13.1 Å². The third-order valence-corrected chi connectivity index (χ3v) is 2.55. The molecular weight excluding hydrogens is 188 g/mol. The Hall–Kier alpha value is -1.37. The lowest BCUT2D eigenvalue weighted by atomic mass is 10.1. The SMILES string of the molecule is N#Cc1ccc(CC2CNCCO2)cc1. The van der Waals surface area contributed by atoms with Gasteiger partial charge in [-0.3, -0.25) is 0 Å². The molecule has 0 spiro atoms. The van der Waals surface area contributed by atoms with Gasteiger partial charge in [-0.2, -0.15) is 5.26 Å². The second-order valence-corrected chi connectivity index (χ2v) is 3.71. The van der Waals surface area contributed by atoms with Gasteiger partial charge in [0.2, 0.25) is 0 Å². The molecule has 0 aromatic heterocycles. The number of nitrogens with one attached hydrogen (secondary N) is 1. The first-order valence-electron chi connectivity index (χ1n) is 5.20. The fourth-order valence-electron chi connectivity index (χ4n) is 1.73. The first kappa shape index (κ1) is 10.2. The predicted octanol–water partition coefficient (Wildman–Crippen LogP) is 1.09. The quantitative estimate of drug-likeness (QED) is 0.780. The van der Waals surface area contributed by atoms with E-state index in [9.17, 15) is 0 Å². The minimum Gasteiger partial charge on any atom is -0.375 e. The summed E-state index contributed by atoms with van der Waals surface area (Å²) in [6.45, 7) is 2.66. The van der Waals surface area contributed by atoms with Crippen LogP contribution in [0.15, 0.2) is 24.3 Å². The van der Waals surface area contributed by atoms with Gasteiger partial charge in [-0.15, -0.1) is 0 Å². The Kier molecular flexibility index (Phi) is 3.33. The molecule has 3 heteroatoms. The molecule has 0 amide bonds. The number of hydrogen-bond acceptors (Lipinski definition) is 3. The zero-order valence-electron chi connectivity index (χ0n) is 8.57. The highest BCUT2D eigenvalue weighted by Crippen LogP contribution is 2.09. The molecule has 1 fully saturated rings. The van der Waals surface area contributed by atoms with Gasteiger partial charge < -0.3 is 10.1 Å². The van der Waals surface area contributed by atoms with E-state index in [0.29, 0.717) is 5.56 Å². The monoisotopic (exact) mass is 202 g/mol. The third-order valence-electron chi connectivity index (χ3n) is 2.55. The molecule has 1 atom stereocenters. The zero-order valence-corrected chi connectivity index (χ0v) is 8.57. The minimum atomic E-state index is 0.270. The first-order valence-corrected chi connectivity index (χ1v) is 5.20. The lowest BCUT2D eigenvalue weighted by molar-refractivity contribution is 0.0292. The highest BCUT2D eigenvalue weighted by Gasteiger charge is 2.13. The van der Waals surface area contributed by atoms with E-state index in [4.69, 9.17) is 10.00 Å². The molecule has 1 unspecified atom stereocenters. The molecule has 0 saturated carbocycles. The van der Waals surface area contributed by atoms with Crippen LogP contribution >= 0.6 is 0 Å². The lowest BCUT2D eigenvalue weighted by Gasteiger charge is -2.23. The molecule has 1 aliphatic heterocycles. The molecule has 0 bridgehead atoms. The summed E-state index contributed by atoms with van der Waals surface area (Å²) in [5.74, 6) is 0. The topological polar surface area (TPSA) is 45.0 Å². The Labute approximate surface area is 89.7 Å². The number of hydrogen-bond donors (Lipinski definition) is 1. The van der Waals surface area contributed by atoms with E-state index in [1.165, 1.54) is 5.56 Å². The van der Waals surface area contributed by atoms with Crippen LogP contribution in [0.4, 0.5) is 0 Å². The zero-order chi connectivity index (χ0) is 10.5. The summed E-state index contributed by atoms with van der Waals surface area (Å²) in [6, 6.07) is 9.81. The summed E-state index contributed by atoms with van der Waals surface area (Å²) in [5.41, 5.74) is 1.93. The Morgan fingerprint density at radius 1 is 1.40 bits per heavy atom. The number of nitrogens with zero attached hydrogens (tertiary/aromatic N) is 1. The van der Waals surface area contributed by atoms with Crippen LogP contribution in [0.2, 0.25) is 0 Å². The lowest BCUT2D eigenvalue weighted by Crippen LogP contribution is -2.39. The molecule has 1 aromatic rings. The van der Waals surface area contributed by atoms with Gasteiger partial charge in [-0.05, 0) is 24.1 Å². The van der Waals surface area contributed by atoms with Gasteiger partial charge in [0.05, 0.1) is 24.3 Å². The minimum absolute atomic E-state index is 0.270. The Morgan fingerprint density at radius 3 is 2.80 bits per heavy atom. The number of ether oxygens (including phenoxy) is 1. The molecule has 78 valence electrons. The van der Waals surface area contributed by atoms with Crippen molar-refractivity contribution in [1.82, 2.24) is 5.32 Å². The third kappa shape index (κ3) is 2.79. The average Bonchev–Trinajstić information content (AvgIpc) is 2.31.